The molecule has 2 amide bonds. The van der Waals surface area contributed by atoms with Crippen molar-refractivity contribution < 1.29 is 23.5 Å². The molecule has 24 heavy (non-hydrogen) atoms. The highest BCUT2D eigenvalue weighted by atomic mass is 19.1. The van der Waals surface area contributed by atoms with E-state index in [2.05, 4.69) is 5.32 Å². The van der Waals surface area contributed by atoms with Crippen LogP contribution in [-0.4, -0.2) is 48.9 Å². The van der Waals surface area contributed by atoms with E-state index in [0.717, 1.165) is 0 Å². The third-order valence-electron chi connectivity index (χ3n) is 3.91. The molecule has 1 unspecified atom stereocenters. The molecule has 0 bridgehead atoms. The summed E-state index contributed by atoms with van der Waals surface area (Å²) in [6.45, 7) is 2.63. The van der Waals surface area contributed by atoms with Crippen molar-refractivity contribution in [2.45, 2.75) is 19.8 Å². The predicted molar refractivity (Wildman–Crippen MR) is 84.7 cm³/mol. The molecule has 1 aromatic rings. The minimum atomic E-state index is -0.639. The number of piperidine rings is 1. The van der Waals surface area contributed by atoms with Gasteiger partial charge in [-0.2, -0.15) is 0 Å². The van der Waals surface area contributed by atoms with E-state index >= 15 is 0 Å². The average molecular weight is 336 g/mol. The van der Waals surface area contributed by atoms with E-state index in [1.54, 1.807) is 13.0 Å². The first-order valence-corrected chi connectivity index (χ1v) is 8.00. The Morgan fingerprint density at radius 2 is 2.08 bits per heavy atom. The van der Waals surface area contributed by atoms with E-state index in [1.807, 2.05) is 0 Å². The summed E-state index contributed by atoms with van der Waals surface area (Å²) >= 11 is 0. The van der Waals surface area contributed by atoms with E-state index < -0.39 is 11.7 Å². The Morgan fingerprint density at radius 3 is 2.79 bits per heavy atom. The number of likely N-dealkylation sites (tertiary alicyclic amines) is 1. The number of esters is 1. The minimum absolute atomic E-state index is 0.103. The molecule has 1 atom stereocenters. The van der Waals surface area contributed by atoms with E-state index in [-0.39, 0.29) is 36.4 Å². The molecular weight excluding hydrogens is 315 g/mol. The van der Waals surface area contributed by atoms with Gasteiger partial charge in [-0.1, -0.05) is 12.1 Å². The van der Waals surface area contributed by atoms with Crippen LogP contribution in [0, 0.1) is 11.7 Å². The lowest BCUT2D eigenvalue weighted by atomic mass is 9.98. The van der Waals surface area contributed by atoms with Crippen LogP contribution >= 0.6 is 0 Å². The number of nitrogens with one attached hydrogen (secondary N) is 1. The lowest BCUT2D eigenvalue weighted by molar-refractivity contribution is -0.151. The second-order valence-electron chi connectivity index (χ2n) is 5.59. The van der Waals surface area contributed by atoms with Gasteiger partial charge in [-0.15, -0.1) is 0 Å². The standard InChI is InChI=1S/C17H21FN2O4/c1-2-24-17(23)12-6-5-9-20(11-12)15(21)10-19-16(22)13-7-3-4-8-14(13)18/h3-4,7-8,12H,2,5-6,9-11H2,1H3,(H,19,22). The summed E-state index contributed by atoms with van der Waals surface area (Å²) < 4.78 is 18.5. The van der Waals surface area contributed by atoms with Crippen molar-refractivity contribution >= 4 is 17.8 Å². The fourth-order valence-electron chi connectivity index (χ4n) is 2.66. The number of carbonyl (C=O) groups is 3. The quantitative estimate of drug-likeness (QED) is 0.824. The van der Waals surface area contributed by atoms with Gasteiger partial charge in [0.05, 0.1) is 24.6 Å². The van der Waals surface area contributed by atoms with E-state index in [9.17, 15) is 18.8 Å². The normalized spacial score (nSPS) is 17.2. The molecule has 0 spiro atoms. The molecule has 0 aliphatic carbocycles. The first kappa shape index (κ1) is 17.9. The molecule has 6 nitrogen and oxygen atoms in total. The van der Waals surface area contributed by atoms with Crippen molar-refractivity contribution in [3.63, 3.8) is 0 Å². The van der Waals surface area contributed by atoms with E-state index in [1.165, 1.54) is 23.1 Å². The summed E-state index contributed by atoms with van der Waals surface area (Å²) in [6, 6.07) is 5.58. The van der Waals surface area contributed by atoms with Gasteiger partial charge in [0.15, 0.2) is 0 Å². The fraction of sp³-hybridized carbons (Fsp3) is 0.471. The van der Waals surface area contributed by atoms with Gasteiger partial charge in [0.2, 0.25) is 5.91 Å². The molecule has 7 heteroatoms. The minimum Gasteiger partial charge on any atom is -0.466 e. The van der Waals surface area contributed by atoms with Crippen molar-refractivity contribution in [2.75, 3.05) is 26.2 Å². The maximum atomic E-state index is 13.5. The SMILES string of the molecule is CCOC(=O)C1CCCN(C(=O)CNC(=O)c2ccccc2F)C1. The molecule has 1 fully saturated rings. The molecule has 0 aromatic heterocycles. The number of amides is 2. The molecule has 2 rings (SSSR count). The molecule has 1 heterocycles. The van der Waals surface area contributed by atoms with Crippen LogP contribution in [0.15, 0.2) is 24.3 Å². The molecule has 1 saturated heterocycles. The van der Waals surface area contributed by atoms with Crippen molar-refractivity contribution in [1.29, 1.82) is 0 Å². The summed E-state index contributed by atoms with van der Waals surface area (Å²) in [5.41, 5.74) is -0.103. The first-order chi connectivity index (χ1) is 11.5. The van der Waals surface area contributed by atoms with Crippen LogP contribution in [0.25, 0.3) is 0 Å². The van der Waals surface area contributed by atoms with Crippen molar-refractivity contribution in [2.24, 2.45) is 5.92 Å². The highest BCUT2D eigenvalue weighted by molar-refractivity contribution is 5.96. The summed E-state index contributed by atoms with van der Waals surface area (Å²) in [7, 11) is 0. The summed E-state index contributed by atoms with van der Waals surface area (Å²) in [5.74, 6) is -2.20. The van der Waals surface area contributed by atoms with Gasteiger partial charge in [0.25, 0.3) is 5.91 Å². The average Bonchev–Trinajstić information content (AvgIpc) is 2.60. The smallest absolute Gasteiger partial charge is 0.310 e. The maximum absolute atomic E-state index is 13.5. The van der Waals surface area contributed by atoms with Gasteiger partial charge < -0.3 is 15.0 Å². The Labute approximate surface area is 140 Å². The number of hydrogen-bond donors (Lipinski definition) is 1. The molecule has 1 aromatic carbocycles. The fourth-order valence-corrected chi connectivity index (χ4v) is 2.66. The van der Waals surface area contributed by atoms with Crippen LogP contribution in [0.2, 0.25) is 0 Å². The zero-order valence-electron chi connectivity index (χ0n) is 13.6. The lowest BCUT2D eigenvalue weighted by Crippen LogP contribution is -2.46. The van der Waals surface area contributed by atoms with E-state index in [4.69, 9.17) is 4.74 Å². The highest BCUT2D eigenvalue weighted by Crippen LogP contribution is 2.18. The monoisotopic (exact) mass is 336 g/mol. The molecule has 1 N–H and O–H groups in total. The second-order valence-corrected chi connectivity index (χ2v) is 5.59. The zero-order valence-corrected chi connectivity index (χ0v) is 13.6. The van der Waals surface area contributed by atoms with Gasteiger partial charge in [-0.25, -0.2) is 4.39 Å². The van der Waals surface area contributed by atoms with Gasteiger partial charge >= 0.3 is 5.97 Å². The molecule has 0 saturated carbocycles. The first-order valence-electron chi connectivity index (χ1n) is 8.00. The Morgan fingerprint density at radius 1 is 1.33 bits per heavy atom. The van der Waals surface area contributed by atoms with Crippen molar-refractivity contribution in [3.05, 3.63) is 35.6 Å². The third-order valence-corrected chi connectivity index (χ3v) is 3.91. The Kier molecular flexibility index (Phi) is 6.28. The zero-order chi connectivity index (χ0) is 17.5. The number of nitrogens with zero attached hydrogens (tertiary/aromatic N) is 1. The van der Waals surface area contributed by atoms with Crippen LogP contribution in [-0.2, 0) is 14.3 Å². The van der Waals surface area contributed by atoms with Gasteiger partial charge in [-0.05, 0) is 31.9 Å². The molecular formula is C17H21FN2O4. The Hall–Kier alpha value is -2.44. The maximum Gasteiger partial charge on any atom is 0.310 e. The van der Waals surface area contributed by atoms with Crippen LogP contribution in [0.4, 0.5) is 4.39 Å². The number of ether oxygens (including phenoxy) is 1. The Balaban J connectivity index is 1.87. The number of halogens is 1. The second kappa shape index (κ2) is 8.42. The van der Waals surface area contributed by atoms with Crippen molar-refractivity contribution in [3.8, 4) is 0 Å². The number of rotatable bonds is 5. The summed E-state index contributed by atoms with van der Waals surface area (Å²) in [4.78, 5) is 37.4. The number of carbonyl (C=O) groups excluding carboxylic acids is 3. The molecule has 130 valence electrons. The molecule has 1 aliphatic heterocycles. The molecule has 1 aliphatic rings. The molecule has 0 radical (unpaired) electrons. The van der Waals surface area contributed by atoms with Gasteiger partial charge in [0, 0.05) is 13.1 Å². The van der Waals surface area contributed by atoms with Crippen LogP contribution in [0.5, 0.6) is 0 Å². The largest absolute Gasteiger partial charge is 0.466 e. The lowest BCUT2D eigenvalue weighted by Gasteiger charge is -2.31. The van der Waals surface area contributed by atoms with Crippen LogP contribution in [0.1, 0.15) is 30.1 Å². The van der Waals surface area contributed by atoms with Crippen LogP contribution < -0.4 is 5.32 Å². The highest BCUT2D eigenvalue weighted by Gasteiger charge is 2.29. The Bertz CT molecular complexity index is 620. The summed E-state index contributed by atoms with van der Waals surface area (Å²) in [6.07, 6.45) is 1.39. The van der Waals surface area contributed by atoms with Crippen LogP contribution in [0.3, 0.4) is 0 Å². The van der Waals surface area contributed by atoms with E-state index in [0.29, 0.717) is 26.0 Å². The summed E-state index contributed by atoms with van der Waals surface area (Å²) in [5, 5.41) is 2.42. The third kappa shape index (κ3) is 4.53. The topological polar surface area (TPSA) is 75.7 Å². The van der Waals surface area contributed by atoms with Crippen molar-refractivity contribution in [1.82, 2.24) is 10.2 Å². The van der Waals surface area contributed by atoms with Gasteiger partial charge in [-0.3, -0.25) is 14.4 Å². The predicted octanol–water partition coefficient (Wildman–Crippen LogP) is 1.36. The van der Waals surface area contributed by atoms with Gasteiger partial charge in [0.1, 0.15) is 5.82 Å². The number of hydrogen-bond acceptors (Lipinski definition) is 4. The number of benzene rings is 1.